The Hall–Kier alpha value is 1.99. The number of aliphatic hydroxyl groups excluding tert-OH is 2. The van der Waals surface area contributed by atoms with Crippen molar-refractivity contribution >= 4 is 7.82 Å². The van der Waals surface area contributed by atoms with Gasteiger partial charge in [0, 0.05) is 6.42 Å². The summed E-state index contributed by atoms with van der Waals surface area (Å²) in [5, 5.41) is 17.9. The van der Waals surface area contributed by atoms with Crippen LogP contribution >= 0.6 is 7.82 Å². The molecule has 0 spiro atoms. The van der Waals surface area contributed by atoms with E-state index in [1.807, 2.05) is 0 Å². The zero-order chi connectivity index (χ0) is 10.1. The van der Waals surface area contributed by atoms with Crippen LogP contribution in [0.25, 0.3) is 0 Å². The molecule has 1 aliphatic rings. The summed E-state index contributed by atoms with van der Waals surface area (Å²) in [6.45, 7) is -0.567. The topological polar surface area (TPSA) is 122 Å². The summed E-state index contributed by atoms with van der Waals surface area (Å²) >= 11 is 0. The first kappa shape index (κ1) is 19.3. The molecule has 78 valence electrons. The third kappa shape index (κ3) is 7.83. The van der Waals surface area contributed by atoms with Crippen molar-refractivity contribution in [2.24, 2.45) is 0 Å². The molecule has 15 heavy (non-hydrogen) atoms. The van der Waals surface area contributed by atoms with Crippen LogP contribution in [0, 0.1) is 0 Å². The number of aliphatic hydroxyl groups is 2. The molecule has 1 aliphatic heterocycles. The Morgan fingerprint density at radius 1 is 1.40 bits per heavy atom. The van der Waals surface area contributed by atoms with Gasteiger partial charge >= 0.3 is 59.1 Å². The number of phosphoric ester groups is 1. The molecule has 0 saturated carbocycles. The maximum atomic E-state index is 10.0. The van der Waals surface area contributed by atoms with Crippen LogP contribution in [-0.4, -0.2) is 35.3 Å². The largest absolute Gasteiger partial charge is 1.00 e. The second-order valence-electron chi connectivity index (χ2n) is 2.68. The molecule has 0 aromatic heterocycles. The molecule has 1 fully saturated rings. The van der Waals surface area contributed by atoms with Gasteiger partial charge in [-0.15, -0.1) is 0 Å². The third-order valence-corrected chi connectivity index (χ3v) is 2.07. The number of hydrogen-bond donors (Lipinski definition) is 2. The van der Waals surface area contributed by atoms with E-state index in [9.17, 15) is 14.4 Å². The summed E-state index contributed by atoms with van der Waals surface area (Å²) in [5.41, 5.74) is 0. The molecule has 0 amide bonds. The fourth-order valence-electron chi connectivity index (χ4n) is 1.02. The average molecular weight is 258 g/mol. The molecule has 10 heteroatoms. The molecule has 7 nitrogen and oxygen atoms in total. The van der Waals surface area contributed by atoms with Crippen LogP contribution in [0.15, 0.2) is 0 Å². The van der Waals surface area contributed by atoms with E-state index in [4.69, 9.17) is 10.2 Å². The van der Waals surface area contributed by atoms with Crippen molar-refractivity contribution < 1.29 is 92.9 Å². The predicted octanol–water partition coefficient (Wildman–Crippen LogP) is -8.69. The van der Waals surface area contributed by atoms with E-state index in [1.165, 1.54) is 0 Å². The van der Waals surface area contributed by atoms with Gasteiger partial charge in [0.15, 0.2) is 6.29 Å². The van der Waals surface area contributed by atoms with Crippen molar-refractivity contribution in [3.05, 3.63) is 0 Å². The first-order valence-electron chi connectivity index (χ1n) is 3.56. The van der Waals surface area contributed by atoms with Crippen LogP contribution in [0.5, 0.6) is 0 Å². The van der Waals surface area contributed by atoms with Gasteiger partial charge in [0.1, 0.15) is 6.10 Å². The molecule has 0 aromatic rings. The minimum absolute atomic E-state index is 0. The Balaban J connectivity index is 0. The Kier molecular flexibility index (Phi) is 10.5. The van der Waals surface area contributed by atoms with Gasteiger partial charge in [0.25, 0.3) is 0 Å². The minimum Gasteiger partial charge on any atom is -0.790 e. The molecular formula is C5H9Na2O7P. The molecule has 0 bridgehead atoms. The quantitative estimate of drug-likeness (QED) is 0.380. The van der Waals surface area contributed by atoms with Crippen molar-refractivity contribution in [2.75, 3.05) is 6.61 Å². The van der Waals surface area contributed by atoms with Gasteiger partial charge in [-0.25, -0.2) is 0 Å². The van der Waals surface area contributed by atoms with E-state index < -0.39 is 32.9 Å². The molecule has 1 saturated heterocycles. The first-order valence-corrected chi connectivity index (χ1v) is 5.03. The van der Waals surface area contributed by atoms with Crippen molar-refractivity contribution in [1.82, 2.24) is 0 Å². The van der Waals surface area contributed by atoms with Gasteiger partial charge in [0.2, 0.25) is 0 Å². The van der Waals surface area contributed by atoms with Crippen molar-refractivity contribution in [3.8, 4) is 0 Å². The van der Waals surface area contributed by atoms with Gasteiger partial charge < -0.3 is 33.8 Å². The summed E-state index contributed by atoms with van der Waals surface area (Å²) < 4.78 is 18.6. The summed E-state index contributed by atoms with van der Waals surface area (Å²) in [6, 6.07) is 0. The smallest absolute Gasteiger partial charge is 0.790 e. The van der Waals surface area contributed by atoms with E-state index in [0.29, 0.717) is 0 Å². The van der Waals surface area contributed by atoms with Crippen LogP contribution in [-0.2, 0) is 13.8 Å². The molecule has 0 aliphatic carbocycles. The molecule has 1 unspecified atom stereocenters. The fraction of sp³-hybridized carbons (Fsp3) is 1.00. The Morgan fingerprint density at radius 2 is 1.93 bits per heavy atom. The van der Waals surface area contributed by atoms with Gasteiger partial charge in [-0.3, -0.25) is 0 Å². The SMILES string of the molecule is O=P([O-])([O-])OC[C@H]1OC(O)C[C@@H]1O.[Na+].[Na+]. The van der Waals surface area contributed by atoms with Gasteiger partial charge in [0.05, 0.1) is 20.5 Å². The van der Waals surface area contributed by atoms with Gasteiger partial charge in [-0.1, -0.05) is 0 Å². The van der Waals surface area contributed by atoms with Crippen LogP contribution in [0.3, 0.4) is 0 Å². The zero-order valence-electron chi connectivity index (χ0n) is 8.53. The molecule has 0 aromatic carbocycles. The summed E-state index contributed by atoms with van der Waals surface area (Å²) in [5.74, 6) is 0. The minimum atomic E-state index is -5.04. The van der Waals surface area contributed by atoms with E-state index in [2.05, 4.69) is 9.26 Å². The Morgan fingerprint density at radius 3 is 2.27 bits per heavy atom. The van der Waals surface area contributed by atoms with Crippen LogP contribution in [0.4, 0.5) is 0 Å². The number of ether oxygens (including phenoxy) is 1. The second kappa shape index (κ2) is 8.16. The van der Waals surface area contributed by atoms with Crippen molar-refractivity contribution in [2.45, 2.75) is 24.9 Å². The number of rotatable bonds is 3. The normalized spacial score (nSPS) is 30.5. The molecule has 1 heterocycles. The maximum Gasteiger partial charge on any atom is 1.00 e. The molecule has 2 N–H and O–H groups in total. The van der Waals surface area contributed by atoms with Crippen LogP contribution in [0.1, 0.15) is 6.42 Å². The predicted molar refractivity (Wildman–Crippen MR) is 35.1 cm³/mol. The first-order chi connectivity index (χ1) is 5.88. The van der Waals surface area contributed by atoms with Crippen LogP contribution < -0.4 is 68.9 Å². The number of phosphoric acid groups is 1. The van der Waals surface area contributed by atoms with Crippen LogP contribution in [0.2, 0.25) is 0 Å². The summed E-state index contributed by atoms with van der Waals surface area (Å²) in [7, 11) is -5.04. The van der Waals surface area contributed by atoms with Crippen molar-refractivity contribution in [3.63, 3.8) is 0 Å². The summed E-state index contributed by atoms with van der Waals surface area (Å²) in [4.78, 5) is 20.1. The Labute approximate surface area is 131 Å². The zero-order valence-corrected chi connectivity index (χ0v) is 13.4. The fourth-order valence-corrected chi connectivity index (χ4v) is 1.35. The average Bonchev–Trinajstić information content (AvgIpc) is 2.24. The number of hydrogen-bond acceptors (Lipinski definition) is 7. The molecule has 0 radical (unpaired) electrons. The van der Waals surface area contributed by atoms with Gasteiger partial charge in [-0.2, -0.15) is 0 Å². The monoisotopic (exact) mass is 258 g/mol. The third-order valence-electron chi connectivity index (χ3n) is 1.60. The standard InChI is InChI=1S/C5H11O7P.2Na/c6-3-1-5(7)12-4(3)2-11-13(8,9)10;;/h3-7H,1-2H2,(H2,8,9,10);;/q;2*+1/p-2/t3-,4+,5?;;/m0../s1. The van der Waals surface area contributed by atoms with Crippen molar-refractivity contribution in [1.29, 1.82) is 0 Å². The van der Waals surface area contributed by atoms with E-state index in [0.717, 1.165) is 0 Å². The van der Waals surface area contributed by atoms with E-state index in [1.54, 1.807) is 0 Å². The molecular weight excluding hydrogens is 249 g/mol. The maximum absolute atomic E-state index is 10.0. The summed E-state index contributed by atoms with van der Waals surface area (Å²) in [6.07, 6.45) is -3.13. The Bertz CT molecular complexity index is 221. The van der Waals surface area contributed by atoms with E-state index >= 15 is 0 Å². The van der Waals surface area contributed by atoms with E-state index in [-0.39, 0.29) is 65.5 Å². The molecule has 3 atom stereocenters. The molecule has 1 rings (SSSR count). The second-order valence-corrected chi connectivity index (χ2v) is 3.83. The van der Waals surface area contributed by atoms with Gasteiger partial charge in [-0.05, 0) is 0 Å².